The van der Waals surface area contributed by atoms with Gasteiger partial charge in [0.1, 0.15) is 18.4 Å². The van der Waals surface area contributed by atoms with E-state index in [2.05, 4.69) is 5.32 Å². The highest BCUT2D eigenvalue weighted by molar-refractivity contribution is 7.92. The number of carbonyl (C=O) groups is 2. The van der Waals surface area contributed by atoms with E-state index in [1.54, 1.807) is 42.5 Å². The predicted octanol–water partition coefficient (Wildman–Crippen LogP) is 6.09. The van der Waals surface area contributed by atoms with Crippen molar-refractivity contribution in [1.82, 2.24) is 10.2 Å². The lowest BCUT2D eigenvalue weighted by Gasteiger charge is -2.34. The maximum atomic E-state index is 14.3. The zero-order valence-corrected chi connectivity index (χ0v) is 26.1. The monoisotopic (exact) mass is 635 g/mol. The van der Waals surface area contributed by atoms with Gasteiger partial charge in [0.2, 0.25) is 11.8 Å². The molecule has 0 heterocycles. The van der Waals surface area contributed by atoms with Crippen LogP contribution < -0.4 is 9.62 Å². The molecule has 2 amide bonds. The summed E-state index contributed by atoms with van der Waals surface area (Å²) in [5.74, 6) is -1.25. The van der Waals surface area contributed by atoms with E-state index in [0.29, 0.717) is 17.1 Å². The smallest absolute Gasteiger partial charge is 0.264 e. The lowest BCUT2D eigenvalue weighted by Crippen LogP contribution is -2.53. The zero-order chi connectivity index (χ0) is 31.7. The molecule has 0 bridgehead atoms. The summed E-state index contributed by atoms with van der Waals surface area (Å²) in [5.41, 5.74) is 1.69. The van der Waals surface area contributed by atoms with E-state index in [9.17, 15) is 22.4 Å². The molecule has 0 radical (unpaired) electrons. The van der Waals surface area contributed by atoms with Crippen LogP contribution in [0.15, 0.2) is 114 Å². The number of carbonyl (C=O) groups excluding carboxylic acids is 2. The predicted molar refractivity (Wildman–Crippen MR) is 171 cm³/mol. The van der Waals surface area contributed by atoms with Crippen molar-refractivity contribution in [2.75, 3.05) is 17.4 Å². The average Bonchev–Trinajstić information content (AvgIpc) is 3.02. The molecular formula is C34H35ClFN3O4S. The Morgan fingerprint density at radius 2 is 1.41 bits per heavy atom. The van der Waals surface area contributed by atoms with Crippen molar-refractivity contribution in [3.8, 4) is 0 Å². The van der Waals surface area contributed by atoms with Gasteiger partial charge in [-0.15, -0.1) is 0 Å². The van der Waals surface area contributed by atoms with Gasteiger partial charge in [-0.05, 0) is 65.6 Å². The van der Waals surface area contributed by atoms with Crippen LogP contribution in [0.3, 0.4) is 0 Å². The number of halogens is 2. The molecule has 4 aromatic rings. The molecule has 230 valence electrons. The summed E-state index contributed by atoms with van der Waals surface area (Å²) in [6, 6.07) is 27.9. The van der Waals surface area contributed by atoms with Crippen molar-refractivity contribution in [2.24, 2.45) is 5.92 Å². The fourth-order valence-electron chi connectivity index (χ4n) is 4.62. The second kappa shape index (κ2) is 15.0. The van der Waals surface area contributed by atoms with E-state index in [1.165, 1.54) is 41.3 Å². The number of rotatable bonds is 13. The molecule has 0 aromatic heterocycles. The number of benzene rings is 4. The molecule has 7 nitrogen and oxygen atoms in total. The lowest BCUT2D eigenvalue weighted by atomic mass is 10.0. The molecule has 0 unspecified atom stereocenters. The Morgan fingerprint density at radius 3 is 2.00 bits per heavy atom. The molecule has 4 rings (SSSR count). The number of amides is 2. The van der Waals surface area contributed by atoms with E-state index in [0.717, 1.165) is 9.87 Å². The molecule has 44 heavy (non-hydrogen) atoms. The third kappa shape index (κ3) is 8.67. The summed E-state index contributed by atoms with van der Waals surface area (Å²) in [4.78, 5) is 29.4. The van der Waals surface area contributed by atoms with Crippen molar-refractivity contribution in [3.05, 3.63) is 131 Å². The van der Waals surface area contributed by atoms with Crippen LogP contribution in [0.5, 0.6) is 0 Å². The van der Waals surface area contributed by atoms with Crippen LogP contribution in [-0.4, -0.2) is 44.3 Å². The van der Waals surface area contributed by atoms with Crippen molar-refractivity contribution in [3.63, 3.8) is 0 Å². The first-order valence-electron chi connectivity index (χ1n) is 14.2. The van der Waals surface area contributed by atoms with Crippen LogP contribution >= 0.6 is 11.6 Å². The van der Waals surface area contributed by atoms with Crippen LogP contribution in [0.1, 0.15) is 25.0 Å². The van der Waals surface area contributed by atoms with E-state index in [-0.39, 0.29) is 35.4 Å². The minimum Gasteiger partial charge on any atom is -0.354 e. The van der Waals surface area contributed by atoms with Gasteiger partial charge in [0.25, 0.3) is 10.0 Å². The average molecular weight is 636 g/mol. The van der Waals surface area contributed by atoms with Crippen LogP contribution in [-0.2, 0) is 32.6 Å². The first-order chi connectivity index (χ1) is 21.0. The highest BCUT2D eigenvalue weighted by atomic mass is 35.5. The van der Waals surface area contributed by atoms with Crippen LogP contribution in [0.25, 0.3) is 0 Å². The summed E-state index contributed by atoms with van der Waals surface area (Å²) in [6.45, 7) is 3.69. The number of anilines is 1. The Balaban J connectivity index is 1.77. The fraction of sp³-hybridized carbons (Fsp3) is 0.235. The molecule has 0 fully saturated rings. The summed E-state index contributed by atoms with van der Waals surface area (Å²) in [6.07, 6.45) is 0.187. The number of sulfonamides is 1. The minimum atomic E-state index is -4.23. The quantitative estimate of drug-likeness (QED) is 0.193. The van der Waals surface area contributed by atoms with Crippen LogP contribution in [0.2, 0.25) is 5.02 Å². The largest absolute Gasteiger partial charge is 0.354 e. The molecular weight excluding hydrogens is 601 g/mol. The van der Waals surface area contributed by atoms with Gasteiger partial charge in [-0.3, -0.25) is 13.9 Å². The Kier molecular flexibility index (Phi) is 11.1. The fourth-order valence-corrected chi connectivity index (χ4v) is 6.16. The topological polar surface area (TPSA) is 86.8 Å². The normalized spacial score (nSPS) is 12.0. The zero-order valence-electron chi connectivity index (χ0n) is 24.6. The van der Waals surface area contributed by atoms with E-state index < -0.39 is 34.3 Å². The highest BCUT2D eigenvalue weighted by Crippen LogP contribution is 2.26. The van der Waals surface area contributed by atoms with Crippen molar-refractivity contribution >= 4 is 39.1 Å². The number of nitrogens with zero attached hydrogens (tertiary/aromatic N) is 2. The van der Waals surface area contributed by atoms with Gasteiger partial charge >= 0.3 is 0 Å². The van der Waals surface area contributed by atoms with E-state index in [1.807, 2.05) is 44.2 Å². The molecule has 4 aromatic carbocycles. The first kappa shape index (κ1) is 32.7. The van der Waals surface area contributed by atoms with Crippen LogP contribution in [0, 0.1) is 11.7 Å². The van der Waals surface area contributed by atoms with Crippen molar-refractivity contribution in [1.29, 1.82) is 0 Å². The maximum Gasteiger partial charge on any atom is 0.264 e. The summed E-state index contributed by atoms with van der Waals surface area (Å²) in [7, 11) is -4.23. The van der Waals surface area contributed by atoms with Gasteiger partial charge in [-0.1, -0.05) is 86.1 Å². The van der Waals surface area contributed by atoms with Gasteiger partial charge in [-0.25, -0.2) is 12.8 Å². The molecule has 0 saturated heterocycles. The van der Waals surface area contributed by atoms with Gasteiger partial charge in [0.15, 0.2) is 0 Å². The first-order valence-corrected chi connectivity index (χ1v) is 16.1. The molecule has 1 atom stereocenters. The molecule has 0 aliphatic carbocycles. The van der Waals surface area contributed by atoms with E-state index >= 15 is 0 Å². The Labute approximate surface area is 263 Å². The molecule has 0 aliphatic heterocycles. The van der Waals surface area contributed by atoms with Gasteiger partial charge in [0.05, 0.1) is 10.6 Å². The van der Waals surface area contributed by atoms with Gasteiger partial charge in [-0.2, -0.15) is 0 Å². The molecule has 1 N–H and O–H groups in total. The Morgan fingerprint density at radius 1 is 0.818 bits per heavy atom. The maximum absolute atomic E-state index is 14.3. The standard InChI is InChI=1S/C34H35ClFN3O4S/c1-25(2)22-37-34(41)32(21-26-9-5-3-6-10-26)38(23-27-13-17-29(36)18-14-27)33(40)24-39(30-11-7-4-8-12-30)44(42,43)31-19-15-28(35)16-20-31/h3-20,25,32H,21-24H2,1-2H3,(H,37,41)/t32-/m1/s1. The summed E-state index contributed by atoms with van der Waals surface area (Å²) < 4.78 is 42.7. The molecule has 0 aliphatic rings. The number of hydrogen-bond donors (Lipinski definition) is 1. The second-order valence-corrected chi connectivity index (χ2v) is 13.1. The third-order valence-corrected chi connectivity index (χ3v) is 8.99. The van der Waals surface area contributed by atoms with Gasteiger partial charge in [0, 0.05) is 24.5 Å². The molecule has 0 saturated carbocycles. The minimum absolute atomic E-state index is 0.0425. The highest BCUT2D eigenvalue weighted by Gasteiger charge is 2.34. The molecule has 0 spiro atoms. The summed E-state index contributed by atoms with van der Waals surface area (Å²) in [5, 5.41) is 3.31. The van der Waals surface area contributed by atoms with Crippen molar-refractivity contribution in [2.45, 2.75) is 37.8 Å². The lowest BCUT2D eigenvalue weighted by molar-refractivity contribution is -0.140. The second-order valence-electron chi connectivity index (χ2n) is 10.8. The number of nitrogens with one attached hydrogen (secondary N) is 1. The number of para-hydroxylation sites is 1. The number of hydrogen-bond acceptors (Lipinski definition) is 4. The van der Waals surface area contributed by atoms with Gasteiger partial charge < -0.3 is 10.2 Å². The SMILES string of the molecule is CC(C)CNC(=O)[C@@H](Cc1ccccc1)N(Cc1ccc(F)cc1)C(=O)CN(c1ccccc1)S(=O)(=O)c1ccc(Cl)cc1. The summed E-state index contributed by atoms with van der Waals surface area (Å²) >= 11 is 6.02. The van der Waals surface area contributed by atoms with E-state index in [4.69, 9.17) is 11.6 Å². The molecule has 10 heteroatoms. The Hall–Kier alpha value is -4.21. The Bertz CT molecular complexity index is 1640. The van der Waals surface area contributed by atoms with Crippen molar-refractivity contribution < 1.29 is 22.4 Å². The third-order valence-electron chi connectivity index (χ3n) is 6.95. The van der Waals surface area contributed by atoms with Crippen LogP contribution in [0.4, 0.5) is 10.1 Å².